The molecule has 2 N–H and O–H groups in total. The molecule has 1 aromatic heterocycles. The Morgan fingerprint density at radius 2 is 2.37 bits per heavy atom. The van der Waals surface area contributed by atoms with Gasteiger partial charge >= 0.3 is 0 Å². The van der Waals surface area contributed by atoms with Crippen LogP contribution in [0.2, 0.25) is 0 Å². The zero-order valence-corrected chi connectivity index (χ0v) is 12.3. The Labute approximate surface area is 114 Å². The number of nitrogens with zero attached hydrogens (tertiary/aromatic N) is 2. The van der Waals surface area contributed by atoms with Gasteiger partial charge in [-0.15, -0.1) is 0 Å². The van der Waals surface area contributed by atoms with Crippen LogP contribution >= 0.6 is 0 Å². The predicted octanol–water partition coefficient (Wildman–Crippen LogP) is 0.808. The highest BCUT2D eigenvalue weighted by Gasteiger charge is 2.30. The highest BCUT2D eigenvalue weighted by atomic mass is 32.2. The number of aromatic amines is 1. The summed E-state index contributed by atoms with van der Waals surface area (Å²) >= 11 is 0. The van der Waals surface area contributed by atoms with Gasteiger partial charge < -0.3 is 5.32 Å². The normalized spacial score (nSPS) is 21.9. The summed E-state index contributed by atoms with van der Waals surface area (Å²) in [4.78, 5) is 0.255. The van der Waals surface area contributed by atoms with Crippen LogP contribution in [-0.2, 0) is 10.0 Å². The van der Waals surface area contributed by atoms with E-state index in [9.17, 15) is 8.42 Å². The van der Waals surface area contributed by atoms with E-state index in [-0.39, 0.29) is 4.90 Å². The third-order valence-electron chi connectivity index (χ3n) is 3.41. The summed E-state index contributed by atoms with van der Waals surface area (Å²) in [6.07, 6.45) is 4.80. The quantitative estimate of drug-likeness (QED) is 0.839. The number of rotatable bonds is 5. The van der Waals surface area contributed by atoms with Crippen molar-refractivity contribution in [3.8, 4) is 0 Å². The average Bonchev–Trinajstić information content (AvgIpc) is 2.91. The molecule has 0 bridgehead atoms. The van der Waals surface area contributed by atoms with E-state index < -0.39 is 10.0 Å². The van der Waals surface area contributed by atoms with Gasteiger partial charge in [-0.3, -0.25) is 5.10 Å². The topological polar surface area (TPSA) is 78.1 Å². The first-order chi connectivity index (χ1) is 9.00. The Morgan fingerprint density at radius 3 is 3.00 bits per heavy atom. The monoisotopic (exact) mass is 286 g/mol. The minimum absolute atomic E-state index is 0.255. The van der Waals surface area contributed by atoms with Crippen LogP contribution in [0.3, 0.4) is 0 Å². The van der Waals surface area contributed by atoms with Crippen molar-refractivity contribution in [3.63, 3.8) is 0 Å². The van der Waals surface area contributed by atoms with Gasteiger partial charge in [0.25, 0.3) is 0 Å². The highest BCUT2D eigenvalue weighted by molar-refractivity contribution is 7.89. The lowest BCUT2D eigenvalue weighted by Crippen LogP contribution is -2.43. The molecule has 0 spiro atoms. The minimum Gasteiger partial charge on any atom is -0.314 e. The lowest BCUT2D eigenvalue weighted by molar-refractivity contribution is 0.256. The number of sulfonamides is 1. The first kappa shape index (κ1) is 14.5. The minimum atomic E-state index is -3.38. The van der Waals surface area contributed by atoms with Gasteiger partial charge in [-0.25, -0.2) is 8.42 Å². The van der Waals surface area contributed by atoms with Gasteiger partial charge in [-0.2, -0.15) is 9.40 Å². The standard InChI is InChI=1S/C12H22N4O2S/c1-10(2)13-6-11-4-3-5-16(9-11)19(17,18)12-7-14-15-8-12/h7-8,10-11,13H,3-6,9H2,1-2H3,(H,14,15). The van der Waals surface area contributed by atoms with Crippen molar-refractivity contribution in [2.45, 2.75) is 37.6 Å². The van der Waals surface area contributed by atoms with E-state index in [2.05, 4.69) is 29.4 Å². The summed E-state index contributed by atoms with van der Waals surface area (Å²) in [5.41, 5.74) is 0. The molecule has 1 aliphatic heterocycles. The molecule has 7 heteroatoms. The SMILES string of the molecule is CC(C)NCC1CCCN(S(=O)(=O)c2cn[nH]c2)C1. The summed E-state index contributed by atoms with van der Waals surface area (Å²) in [5.74, 6) is 0.387. The largest absolute Gasteiger partial charge is 0.314 e. The number of aromatic nitrogens is 2. The van der Waals surface area contributed by atoms with Gasteiger partial charge in [0.2, 0.25) is 10.0 Å². The van der Waals surface area contributed by atoms with Crippen LogP contribution in [0.4, 0.5) is 0 Å². The van der Waals surface area contributed by atoms with Crippen LogP contribution in [0, 0.1) is 5.92 Å². The second-order valence-corrected chi connectivity index (χ2v) is 7.31. The van der Waals surface area contributed by atoms with Crippen LogP contribution in [-0.4, -0.2) is 48.6 Å². The van der Waals surface area contributed by atoms with E-state index in [4.69, 9.17) is 0 Å². The van der Waals surface area contributed by atoms with Crippen molar-refractivity contribution in [2.24, 2.45) is 5.92 Å². The third-order valence-corrected chi connectivity index (χ3v) is 5.24. The molecule has 0 amide bonds. The van der Waals surface area contributed by atoms with Crippen molar-refractivity contribution in [3.05, 3.63) is 12.4 Å². The van der Waals surface area contributed by atoms with Crippen molar-refractivity contribution in [2.75, 3.05) is 19.6 Å². The fourth-order valence-electron chi connectivity index (χ4n) is 2.34. The fourth-order valence-corrected chi connectivity index (χ4v) is 3.81. The van der Waals surface area contributed by atoms with E-state index >= 15 is 0 Å². The maximum absolute atomic E-state index is 12.4. The third kappa shape index (κ3) is 3.55. The molecule has 1 aromatic rings. The lowest BCUT2D eigenvalue weighted by Gasteiger charge is -2.32. The molecule has 0 saturated carbocycles. The van der Waals surface area contributed by atoms with E-state index in [0.717, 1.165) is 19.4 Å². The molecule has 108 valence electrons. The van der Waals surface area contributed by atoms with Crippen molar-refractivity contribution in [1.82, 2.24) is 19.8 Å². The smallest absolute Gasteiger partial charge is 0.246 e. The second kappa shape index (κ2) is 6.02. The Morgan fingerprint density at radius 1 is 1.58 bits per heavy atom. The number of hydrogen-bond acceptors (Lipinski definition) is 4. The second-order valence-electron chi connectivity index (χ2n) is 5.37. The van der Waals surface area contributed by atoms with Crippen LogP contribution in [0.25, 0.3) is 0 Å². The van der Waals surface area contributed by atoms with Gasteiger partial charge in [-0.05, 0) is 25.3 Å². The summed E-state index contributed by atoms with van der Waals surface area (Å²) in [6, 6.07) is 0.431. The molecule has 2 rings (SSSR count). The molecule has 6 nitrogen and oxygen atoms in total. The average molecular weight is 286 g/mol. The first-order valence-corrected chi connectivity index (χ1v) is 8.16. The molecule has 0 radical (unpaired) electrons. The number of hydrogen-bond donors (Lipinski definition) is 2. The molecular weight excluding hydrogens is 264 g/mol. The Bertz CT molecular complexity index is 484. The van der Waals surface area contributed by atoms with Crippen LogP contribution in [0.5, 0.6) is 0 Å². The summed E-state index contributed by atoms with van der Waals surface area (Å²) < 4.78 is 26.3. The van der Waals surface area contributed by atoms with Crippen molar-refractivity contribution < 1.29 is 8.42 Å². The summed E-state index contributed by atoms with van der Waals surface area (Å²) in [5, 5.41) is 9.66. The molecule has 2 heterocycles. The molecule has 19 heavy (non-hydrogen) atoms. The molecule has 1 saturated heterocycles. The maximum atomic E-state index is 12.4. The molecule has 1 atom stereocenters. The molecule has 1 fully saturated rings. The zero-order chi connectivity index (χ0) is 13.9. The molecule has 0 aliphatic carbocycles. The molecule has 1 unspecified atom stereocenters. The van der Waals surface area contributed by atoms with Gasteiger partial charge in [0, 0.05) is 25.3 Å². The van der Waals surface area contributed by atoms with Gasteiger partial charge in [0.1, 0.15) is 4.90 Å². The van der Waals surface area contributed by atoms with E-state index in [1.54, 1.807) is 4.31 Å². The molecule has 0 aromatic carbocycles. The number of H-pyrrole nitrogens is 1. The highest BCUT2D eigenvalue weighted by Crippen LogP contribution is 2.22. The maximum Gasteiger partial charge on any atom is 0.246 e. The van der Waals surface area contributed by atoms with Crippen LogP contribution in [0.15, 0.2) is 17.3 Å². The summed E-state index contributed by atoms with van der Waals surface area (Å²) in [6.45, 7) is 6.26. The zero-order valence-electron chi connectivity index (χ0n) is 11.5. The van der Waals surface area contributed by atoms with E-state index in [1.807, 2.05) is 0 Å². The van der Waals surface area contributed by atoms with Gasteiger partial charge in [0.05, 0.1) is 6.20 Å². The number of nitrogens with one attached hydrogen (secondary N) is 2. The van der Waals surface area contributed by atoms with Crippen LogP contribution in [0.1, 0.15) is 26.7 Å². The Balaban J connectivity index is 2.01. The van der Waals surface area contributed by atoms with Gasteiger partial charge in [0.15, 0.2) is 0 Å². The van der Waals surface area contributed by atoms with Crippen LogP contribution < -0.4 is 5.32 Å². The van der Waals surface area contributed by atoms with Crippen molar-refractivity contribution in [1.29, 1.82) is 0 Å². The molecule has 1 aliphatic rings. The predicted molar refractivity (Wildman–Crippen MR) is 73.2 cm³/mol. The van der Waals surface area contributed by atoms with E-state index in [0.29, 0.717) is 25.0 Å². The number of piperidine rings is 1. The van der Waals surface area contributed by atoms with Crippen molar-refractivity contribution >= 4 is 10.0 Å². The van der Waals surface area contributed by atoms with E-state index in [1.165, 1.54) is 12.4 Å². The molecular formula is C12H22N4O2S. The van der Waals surface area contributed by atoms with Gasteiger partial charge in [-0.1, -0.05) is 13.8 Å². The fraction of sp³-hybridized carbons (Fsp3) is 0.750. The summed E-state index contributed by atoms with van der Waals surface area (Å²) in [7, 11) is -3.38. The Hall–Kier alpha value is -0.920. The Kier molecular flexibility index (Phi) is 4.59. The lowest BCUT2D eigenvalue weighted by atomic mass is 9.99. The first-order valence-electron chi connectivity index (χ1n) is 6.72.